The van der Waals surface area contributed by atoms with Crippen LogP contribution in [0.3, 0.4) is 0 Å². The van der Waals surface area contributed by atoms with Gasteiger partial charge < -0.3 is 19.3 Å². The van der Waals surface area contributed by atoms with Crippen LogP contribution < -0.4 is 0 Å². The molecule has 25 heavy (non-hydrogen) atoms. The second-order valence-electron chi connectivity index (χ2n) is 6.11. The Morgan fingerprint density at radius 2 is 1.44 bits per heavy atom. The number of aliphatic hydroxyl groups is 1. The van der Waals surface area contributed by atoms with E-state index < -0.39 is 30.4 Å². The molecule has 5 heteroatoms. The first kappa shape index (κ1) is 17.6. The molecule has 0 bridgehead atoms. The Morgan fingerprint density at radius 1 is 0.920 bits per heavy atom. The Morgan fingerprint density at radius 3 is 2.00 bits per heavy atom. The topological polar surface area (TPSA) is 65.0 Å². The quantitative estimate of drug-likeness (QED) is 0.817. The summed E-state index contributed by atoms with van der Waals surface area (Å²) in [4.78, 5) is 12.1. The van der Waals surface area contributed by atoms with Gasteiger partial charge in [-0.1, -0.05) is 60.7 Å². The SMILES string of the molecule is CC1OC(=O)C(OCc2ccccc2)C(O)C1OCc1ccccc1. The standard InChI is InChI=1S/C20H22O5/c1-14-18(23-12-15-8-4-2-5-9-15)17(21)19(20(22)25-14)24-13-16-10-6-3-7-11-16/h2-11,14,17-19,21H,12-13H2,1H3. The van der Waals surface area contributed by atoms with Gasteiger partial charge in [0.1, 0.15) is 18.3 Å². The molecular weight excluding hydrogens is 320 g/mol. The Bertz CT molecular complexity index is 673. The van der Waals surface area contributed by atoms with Crippen molar-refractivity contribution in [3.63, 3.8) is 0 Å². The normalized spacial score (nSPS) is 26.2. The minimum absolute atomic E-state index is 0.220. The summed E-state index contributed by atoms with van der Waals surface area (Å²) in [6.45, 7) is 2.26. The lowest BCUT2D eigenvalue weighted by Gasteiger charge is -2.37. The van der Waals surface area contributed by atoms with Gasteiger partial charge in [-0.15, -0.1) is 0 Å². The van der Waals surface area contributed by atoms with Crippen LogP contribution in [-0.4, -0.2) is 35.5 Å². The van der Waals surface area contributed by atoms with Crippen LogP contribution in [0.25, 0.3) is 0 Å². The van der Waals surface area contributed by atoms with Crippen LogP contribution in [0, 0.1) is 0 Å². The zero-order chi connectivity index (χ0) is 17.6. The summed E-state index contributed by atoms with van der Waals surface area (Å²) in [6, 6.07) is 19.1. The van der Waals surface area contributed by atoms with E-state index >= 15 is 0 Å². The fourth-order valence-corrected chi connectivity index (χ4v) is 2.83. The van der Waals surface area contributed by atoms with E-state index in [-0.39, 0.29) is 6.61 Å². The van der Waals surface area contributed by atoms with Crippen molar-refractivity contribution >= 4 is 5.97 Å². The minimum Gasteiger partial charge on any atom is -0.458 e. The van der Waals surface area contributed by atoms with Crippen molar-refractivity contribution in [2.45, 2.75) is 44.6 Å². The van der Waals surface area contributed by atoms with Crippen molar-refractivity contribution in [1.29, 1.82) is 0 Å². The van der Waals surface area contributed by atoms with E-state index in [0.29, 0.717) is 6.61 Å². The molecule has 1 saturated heterocycles. The van der Waals surface area contributed by atoms with E-state index in [2.05, 4.69) is 0 Å². The van der Waals surface area contributed by atoms with E-state index in [1.54, 1.807) is 6.92 Å². The molecule has 1 heterocycles. The van der Waals surface area contributed by atoms with Crippen LogP contribution in [0.4, 0.5) is 0 Å². The number of benzene rings is 2. The third-order valence-electron chi connectivity index (χ3n) is 4.20. The average Bonchev–Trinajstić information content (AvgIpc) is 2.63. The third kappa shape index (κ3) is 4.45. The molecule has 0 aromatic heterocycles. The maximum absolute atomic E-state index is 12.1. The molecule has 1 fully saturated rings. The Kier molecular flexibility index (Phi) is 5.81. The van der Waals surface area contributed by atoms with Crippen molar-refractivity contribution in [3.8, 4) is 0 Å². The molecule has 0 spiro atoms. The molecule has 0 saturated carbocycles. The lowest BCUT2D eigenvalue weighted by atomic mass is 10.00. The molecule has 4 atom stereocenters. The van der Waals surface area contributed by atoms with Crippen LogP contribution >= 0.6 is 0 Å². The lowest BCUT2D eigenvalue weighted by Crippen LogP contribution is -2.56. The smallest absolute Gasteiger partial charge is 0.338 e. The van der Waals surface area contributed by atoms with Gasteiger partial charge in [0.25, 0.3) is 0 Å². The second kappa shape index (κ2) is 8.25. The summed E-state index contributed by atoms with van der Waals surface area (Å²) in [5, 5.41) is 10.6. The number of rotatable bonds is 6. The van der Waals surface area contributed by atoms with Crippen LogP contribution in [0.1, 0.15) is 18.1 Å². The highest BCUT2D eigenvalue weighted by Gasteiger charge is 2.45. The van der Waals surface area contributed by atoms with Crippen LogP contribution in [0.2, 0.25) is 0 Å². The average molecular weight is 342 g/mol. The van der Waals surface area contributed by atoms with E-state index in [1.807, 2.05) is 60.7 Å². The monoisotopic (exact) mass is 342 g/mol. The summed E-state index contributed by atoms with van der Waals surface area (Å²) in [7, 11) is 0. The van der Waals surface area contributed by atoms with Crippen LogP contribution in [-0.2, 0) is 32.2 Å². The maximum Gasteiger partial charge on any atom is 0.338 e. The molecule has 2 aromatic carbocycles. The summed E-state index contributed by atoms with van der Waals surface area (Å²) >= 11 is 0. The lowest BCUT2D eigenvalue weighted by molar-refractivity contribution is -0.218. The molecule has 0 aliphatic carbocycles. The molecule has 4 unspecified atom stereocenters. The number of carbonyl (C=O) groups excluding carboxylic acids is 1. The molecule has 132 valence electrons. The van der Waals surface area contributed by atoms with Gasteiger partial charge in [-0.2, -0.15) is 0 Å². The van der Waals surface area contributed by atoms with E-state index in [0.717, 1.165) is 11.1 Å². The number of hydrogen-bond acceptors (Lipinski definition) is 5. The number of ether oxygens (including phenoxy) is 3. The number of carbonyl (C=O) groups is 1. The van der Waals surface area contributed by atoms with Gasteiger partial charge in [0, 0.05) is 0 Å². The molecule has 2 aromatic rings. The Balaban J connectivity index is 1.62. The highest BCUT2D eigenvalue weighted by molar-refractivity contribution is 5.76. The Labute approximate surface area is 147 Å². The van der Waals surface area contributed by atoms with E-state index in [4.69, 9.17) is 14.2 Å². The van der Waals surface area contributed by atoms with Crippen molar-refractivity contribution in [2.24, 2.45) is 0 Å². The molecule has 0 radical (unpaired) electrons. The number of aliphatic hydroxyl groups excluding tert-OH is 1. The Hall–Kier alpha value is -2.21. The molecule has 1 N–H and O–H groups in total. The molecule has 1 aliphatic heterocycles. The van der Waals surface area contributed by atoms with Gasteiger partial charge in [-0.25, -0.2) is 4.79 Å². The van der Waals surface area contributed by atoms with Gasteiger partial charge in [0.05, 0.1) is 13.2 Å². The molecular formula is C20H22O5. The highest BCUT2D eigenvalue weighted by Crippen LogP contribution is 2.23. The predicted octanol–water partition coefficient (Wildman–Crippen LogP) is 2.46. The molecule has 0 amide bonds. The van der Waals surface area contributed by atoms with Gasteiger partial charge in [-0.05, 0) is 18.1 Å². The first-order valence-electron chi connectivity index (χ1n) is 8.35. The molecule has 1 aliphatic rings. The molecule has 5 nitrogen and oxygen atoms in total. The zero-order valence-corrected chi connectivity index (χ0v) is 14.1. The summed E-state index contributed by atoms with van der Waals surface area (Å²) < 4.78 is 16.7. The first-order valence-corrected chi connectivity index (χ1v) is 8.35. The fourth-order valence-electron chi connectivity index (χ4n) is 2.83. The fraction of sp³-hybridized carbons (Fsp3) is 0.350. The minimum atomic E-state index is -1.08. The zero-order valence-electron chi connectivity index (χ0n) is 14.1. The second-order valence-corrected chi connectivity index (χ2v) is 6.11. The molecule has 3 rings (SSSR count). The number of cyclic esters (lactones) is 1. The van der Waals surface area contributed by atoms with E-state index in [9.17, 15) is 9.90 Å². The summed E-state index contributed by atoms with van der Waals surface area (Å²) in [6.07, 6.45) is -3.32. The van der Waals surface area contributed by atoms with Crippen molar-refractivity contribution in [2.75, 3.05) is 0 Å². The number of esters is 1. The highest BCUT2D eigenvalue weighted by atomic mass is 16.6. The third-order valence-corrected chi connectivity index (χ3v) is 4.20. The van der Waals surface area contributed by atoms with Crippen molar-refractivity contribution in [1.82, 2.24) is 0 Å². The van der Waals surface area contributed by atoms with Crippen molar-refractivity contribution < 1.29 is 24.1 Å². The predicted molar refractivity (Wildman–Crippen MR) is 91.6 cm³/mol. The maximum atomic E-state index is 12.1. The largest absolute Gasteiger partial charge is 0.458 e. The number of hydrogen-bond donors (Lipinski definition) is 1. The van der Waals surface area contributed by atoms with Gasteiger partial charge in [0.2, 0.25) is 0 Å². The van der Waals surface area contributed by atoms with Crippen molar-refractivity contribution in [3.05, 3.63) is 71.8 Å². The van der Waals surface area contributed by atoms with E-state index in [1.165, 1.54) is 0 Å². The van der Waals surface area contributed by atoms with Crippen LogP contribution in [0.15, 0.2) is 60.7 Å². The van der Waals surface area contributed by atoms with Gasteiger partial charge in [0.15, 0.2) is 6.10 Å². The van der Waals surface area contributed by atoms with Gasteiger partial charge >= 0.3 is 5.97 Å². The van der Waals surface area contributed by atoms with Gasteiger partial charge in [-0.3, -0.25) is 0 Å². The van der Waals surface area contributed by atoms with Crippen LogP contribution in [0.5, 0.6) is 0 Å². The summed E-state index contributed by atoms with van der Waals surface area (Å²) in [5.74, 6) is -0.560. The summed E-state index contributed by atoms with van der Waals surface area (Å²) in [5.41, 5.74) is 1.91. The first-order chi connectivity index (χ1) is 12.1.